The predicted octanol–water partition coefficient (Wildman–Crippen LogP) is 4.00. The van der Waals surface area contributed by atoms with Gasteiger partial charge in [0.05, 0.1) is 0 Å². The van der Waals surface area contributed by atoms with E-state index in [1.54, 1.807) is 31.4 Å². The number of carbonyl (C=O) groups excluding carboxylic acids is 2. The highest BCUT2D eigenvalue weighted by Gasteiger charge is 2.14. The highest BCUT2D eigenvalue weighted by Crippen LogP contribution is 2.23. The number of anilines is 1. The lowest BCUT2D eigenvalue weighted by Gasteiger charge is -2.19. The third-order valence-electron chi connectivity index (χ3n) is 4.21. The quantitative estimate of drug-likeness (QED) is 0.726. The molecule has 0 aromatic heterocycles. The maximum Gasteiger partial charge on any atom is 0.255 e. The fourth-order valence-corrected chi connectivity index (χ4v) is 2.58. The van der Waals surface area contributed by atoms with Gasteiger partial charge in [-0.05, 0) is 47.7 Å². The van der Waals surface area contributed by atoms with Gasteiger partial charge in [0.1, 0.15) is 0 Å². The molecule has 2 rings (SSSR count). The number of ether oxygens (including phenoxy) is 1. The summed E-state index contributed by atoms with van der Waals surface area (Å²) in [6.45, 7) is 7.56. The van der Waals surface area contributed by atoms with Gasteiger partial charge in [0.25, 0.3) is 11.8 Å². The van der Waals surface area contributed by atoms with E-state index in [2.05, 4.69) is 31.4 Å². The lowest BCUT2D eigenvalue weighted by atomic mass is 9.87. The van der Waals surface area contributed by atoms with Crippen LogP contribution >= 0.6 is 0 Å². The van der Waals surface area contributed by atoms with Crippen LogP contribution in [0.15, 0.2) is 48.5 Å². The summed E-state index contributed by atoms with van der Waals surface area (Å²) in [4.78, 5) is 24.7. The van der Waals surface area contributed by atoms with Gasteiger partial charge >= 0.3 is 0 Å². The van der Waals surface area contributed by atoms with Crippen molar-refractivity contribution in [2.75, 3.05) is 25.6 Å². The first-order valence-corrected chi connectivity index (χ1v) is 9.10. The first kappa shape index (κ1) is 20.6. The molecule has 2 aromatic rings. The Balaban J connectivity index is 2.01. The summed E-state index contributed by atoms with van der Waals surface area (Å²) >= 11 is 0. The second-order valence-corrected chi connectivity index (χ2v) is 7.46. The molecular weight excluding hydrogens is 340 g/mol. The van der Waals surface area contributed by atoms with Gasteiger partial charge in [-0.2, -0.15) is 0 Å². The van der Waals surface area contributed by atoms with Crippen molar-refractivity contribution in [2.45, 2.75) is 32.6 Å². The van der Waals surface area contributed by atoms with E-state index in [0.29, 0.717) is 24.3 Å². The van der Waals surface area contributed by atoms with Gasteiger partial charge in [0.2, 0.25) is 0 Å². The van der Waals surface area contributed by atoms with E-state index < -0.39 is 0 Å². The van der Waals surface area contributed by atoms with Crippen molar-refractivity contribution in [3.05, 3.63) is 65.2 Å². The van der Waals surface area contributed by atoms with Crippen LogP contribution in [0, 0.1) is 0 Å². The number of rotatable bonds is 7. The van der Waals surface area contributed by atoms with E-state index in [1.807, 2.05) is 24.3 Å². The molecule has 2 aromatic carbocycles. The minimum absolute atomic E-state index is 0.0630. The van der Waals surface area contributed by atoms with Crippen LogP contribution in [0.5, 0.6) is 0 Å². The summed E-state index contributed by atoms with van der Waals surface area (Å²) in [7, 11) is 1.63. The number of hydrogen-bond donors (Lipinski definition) is 2. The Morgan fingerprint density at radius 2 is 1.59 bits per heavy atom. The molecule has 0 saturated carbocycles. The summed E-state index contributed by atoms with van der Waals surface area (Å²) in [6, 6.07) is 14.5. The highest BCUT2D eigenvalue weighted by atomic mass is 16.5. The SMILES string of the molecule is COCCCNC(=O)c1cccc(C(=O)Nc2ccc(C(C)(C)C)cc2)c1. The van der Waals surface area contributed by atoms with Crippen LogP contribution in [0.25, 0.3) is 0 Å². The fourth-order valence-electron chi connectivity index (χ4n) is 2.58. The van der Waals surface area contributed by atoms with E-state index in [-0.39, 0.29) is 17.2 Å². The van der Waals surface area contributed by atoms with Gasteiger partial charge in [-0.15, -0.1) is 0 Å². The zero-order valence-electron chi connectivity index (χ0n) is 16.5. The fraction of sp³-hybridized carbons (Fsp3) is 0.364. The molecule has 5 nitrogen and oxygen atoms in total. The minimum Gasteiger partial charge on any atom is -0.385 e. The van der Waals surface area contributed by atoms with Gasteiger partial charge in [0, 0.05) is 37.1 Å². The van der Waals surface area contributed by atoms with E-state index in [9.17, 15) is 9.59 Å². The number of benzene rings is 2. The Morgan fingerprint density at radius 1 is 0.963 bits per heavy atom. The molecule has 0 unspecified atom stereocenters. The van der Waals surface area contributed by atoms with Crippen LogP contribution in [0.1, 0.15) is 53.5 Å². The lowest BCUT2D eigenvalue weighted by Crippen LogP contribution is -2.25. The third-order valence-corrected chi connectivity index (χ3v) is 4.21. The summed E-state index contributed by atoms with van der Waals surface area (Å²) in [5, 5.41) is 5.70. The van der Waals surface area contributed by atoms with Gasteiger partial charge < -0.3 is 15.4 Å². The molecule has 0 atom stereocenters. The van der Waals surface area contributed by atoms with Crippen molar-refractivity contribution in [3.8, 4) is 0 Å². The van der Waals surface area contributed by atoms with Crippen LogP contribution in [0.4, 0.5) is 5.69 Å². The minimum atomic E-state index is -0.243. The third kappa shape index (κ3) is 6.22. The van der Waals surface area contributed by atoms with Crippen molar-refractivity contribution >= 4 is 17.5 Å². The average Bonchev–Trinajstić information content (AvgIpc) is 2.65. The molecule has 0 radical (unpaired) electrons. The zero-order valence-corrected chi connectivity index (χ0v) is 16.5. The summed E-state index contributed by atoms with van der Waals surface area (Å²) in [5.41, 5.74) is 2.89. The van der Waals surface area contributed by atoms with E-state index in [1.165, 1.54) is 5.56 Å². The van der Waals surface area contributed by atoms with Crippen LogP contribution in [-0.2, 0) is 10.2 Å². The molecule has 0 spiro atoms. The van der Waals surface area contributed by atoms with E-state index in [4.69, 9.17) is 4.74 Å². The molecule has 0 aliphatic carbocycles. The van der Waals surface area contributed by atoms with Crippen molar-refractivity contribution in [2.24, 2.45) is 0 Å². The van der Waals surface area contributed by atoms with Gasteiger partial charge in [-0.3, -0.25) is 9.59 Å². The topological polar surface area (TPSA) is 67.4 Å². The van der Waals surface area contributed by atoms with E-state index >= 15 is 0 Å². The highest BCUT2D eigenvalue weighted by molar-refractivity contribution is 6.06. The molecule has 0 saturated heterocycles. The Bertz CT molecular complexity index is 777. The van der Waals surface area contributed by atoms with E-state index in [0.717, 1.165) is 12.1 Å². The maximum absolute atomic E-state index is 12.5. The van der Waals surface area contributed by atoms with Crippen LogP contribution in [0.3, 0.4) is 0 Å². The monoisotopic (exact) mass is 368 g/mol. The second kappa shape index (κ2) is 9.33. The van der Waals surface area contributed by atoms with Crippen molar-refractivity contribution in [3.63, 3.8) is 0 Å². The summed E-state index contributed by atoms with van der Waals surface area (Å²) in [5.74, 6) is -0.442. The standard InChI is InChI=1S/C22H28N2O3/c1-22(2,3)18-9-11-19(12-10-18)24-21(26)17-8-5-7-16(15-17)20(25)23-13-6-14-27-4/h5,7-12,15H,6,13-14H2,1-4H3,(H,23,25)(H,24,26). The molecule has 0 aliphatic rings. The molecule has 2 amide bonds. The first-order chi connectivity index (χ1) is 12.8. The molecule has 27 heavy (non-hydrogen) atoms. The lowest BCUT2D eigenvalue weighted by molar-refractivity contribution is 0.0948. The maximum atomic E-state index is 12.5. The van der Waals surface area contributed by atoms with Crippen LogP contribution in [-0.4, -0.2) is 32.1 Å². The smallest absolute Gasteiger partial charge is 0.255 e. The van der Waals surface area contributed by atoms with Gasteiger partial charge in [-0.1, -0.05) is 39.0 Å². The van der Waals surface area contributed by atoms with Crippen molar-refractivity contribution in [1.82, 2.24) is 5.32 Å². The van der Waals surface area contributed by atoms with Crippen LogP contribution in [0.2, 0.25) is 0 Å². The van der Waals surface area contributed by atoms with Crippen LogP contribution < -0.4 is 10.6 Å². The number of carbonyl (C=O) groups is 2. The molecule has 0 fully saturated rings. The Labute approximate surface area is 161 Å². The number of nitrogens with one attached hydrogen (secondary N) is 2. The normalized spacial score (nSPS) is 11.1. The molecule has 2 N–H and O–H groups in total. The molecule has 0 aliphatic heterocycles. The number of amides is 2. The summed E-state index contributed by atoms with van der Waals surface area (Å²) < 4.78 is 4.96. The number of methoxy groups -OCH3 is 1. The summed E-state index contributed by atoms with van der Waals surface area (Å²) in [6.07, 6.45) is 0.743. The second-order valence-electron chi connectivity index (χ2n) is 7.46. The molecule has 144 valence electrons. The largest absolute Gasteiger partial charge is 0.385 e. The average molecular weight is 368 g/mol. The predicted molar refractivity (Wildman–Crippen MR) is 108 cm³/mol. The molecule has 0 bridgehead atoms. The molecule has 5 heteroatoms. The Kier molecular flexibility index (Phi) is 7.13. The van der Waals surface area contributed by atoms with Crippen molar-refractivity contribution in [1.29, 1.82) is 0 Å². The first-order valence-electron chi connectivity index (χ1n) is 9.10. The number of hydrogen-bond acceptors (Lipinski definition) is 3. The molecule has 0 heterocycles. The molecular formula is C22H28N2O3. The van der Waals surface area contributed by atoms with Crippen molar-refractivity contribution < 1.29 is 14.3 Å². The van der Waals surface area contributed by atoms with Gasteiger partial charge in [-0.25, -0.2) is 0 Å². The van der Waals surface area contributed by atoms with Gasteiger partial charge in [0.15, 0.2) is 0 Å². The zero-order chi connectivity index (χ0) is 19.9. The Hall–Kier alpha value is -2.66. The Morgan fingerprint density at radius 3 is 2.19 bits per heavy atom.